The summed E-state index contributed by atoms with van der Waals surface area (Å²) in [4.78, 5) is 0. The molecule has 2 rings (SSSR count). The first-order chi connectivity index (χ1) is 8.93. The third-order valence-electron chi connectivity index (χ3n) is 2.40. The van der Waals surface area contributed by atoms with Crippen LogP contribution < -0.4 is 5.73 Å². The summed E-state index contributed by atoms with van der Waals surface area (Å²) < 4.78 is 52.7. The standard InChI is InChI=1S/C10H9F4N5/c11-6-1-2-7(8(5-6)10(12,13)14)9-16-17-18-19(9)4-3-15/h1-2,5H,3-4,15H2. The van der Waals surface area contributed by atoms with E-state index >= 15 is 0 Å². The van der Waals surface area contributed by atoms with Gasteiger partial charge in [0.15, 0.2) is 5.82 Å². The molecule has 2 aromatic rings. The molecule has 0 unspecified atom stereocenters. The fraction of sp³-hybridized carbons (Fsp3) is 0.300. The summed E-state index contributed by atoms with van der Waals surface area (Å²) in [6.45, 7) is 0.331. The van der Waals surface area contributed by atoms with E-state index in [0.717, 1.165) is 16.8 Å². The Hall–Kier alpha value is -2.03. The molecule has 0 saturated heterocycles. The second-order valence-corrected chi connectivity index (χ2v) is 3.70. The molecule has 19 heavy (non-hydrogen) atoms. The minimum atomic E-state index is -4.70. The molecule has 0 fully saturated rings. The molecule has 0 aliphatic carbocycles. The zero-order valence-electron chi connectivity index (χ0n) is 9.52. The summed E-state index contributed by atoms with van der Waals surface area (Å²) in [7, 11) is 0. The lowest BCUT2D eigenvalue weighted by atomic mass is 10.1. The van der Waals surface area contributed by atoms with Crippen LogP contribution in [0, 0.1) is 5.82 Å². The highest BCUT2D eigenvalue weighted by Gasteiger charge is 2.35. The van der Waals surface area contributed by atoms with Gasteiger partial charge in [0.2, 0.25) is 0 Å². The molecule has 0 bridgehead atoms. The van der Waals surface area contributed by atoms with Gasteiger partial charge in [0.25, 0.3) is 0 Å². The molecule has 0 saturated carbocycles. The van der Waals surface area contributed by atoms with Crippen molar-refractivity contribution in [3.63, 3.8) is 0 Å². The van der Waals surface area contributed by atoms with Crippen molar-refractivity contribution in [2.75, 3.05) is 6.54 Å². The minimum absolute atomic E-state index is 0.0993. The third-order valence-corrected chi connectivity index (χ3v) is 2.40. The molecular weight excluding hydrogens is 266 g/mol. The van der Waals surface area contributed by atoms with Crippen LogP contribution in [0.5, 0.6) is 0 Å². The Morgan fingerprint density at radius 2 is 2.00 bits per heavy atom. The predicted molar refractivity (Wildman–Crippen MR) is 57.3 cm³/mol. The molecule has 9 heteroatoms. The van der Waals surface area contributed by atoms with Crippen LogP contribution in [-0.4, -0.2) is 26.8 Å². The minimum Gasteiger partial charge on any atom is -0.329 e. The average Bonchev–Trinajstić information content (AvgIpc) is 2.76. The quantitative estimate of drug-likeness (QED) is 0.861. The molecule has 1 heterocycles. The lowest BCUT2D eigenvalue weighted by Gasteiger charge is -2.12. The first-order valence-corrected chi connectivity index (χ1v) is 5.27. The van der Waals surface area contributed by atoms with Crippen molar-refractivity contribution < 1.29 is 17.6 Å². The lowest BCUT2D eigenvalue weighted by Crippen LogP contribution is -2.14. The molecule has 5 nitrogen and oxygen atoms in total. The van der Waals surface area contributed by atoms with Crippen LogP contribution in [0.25, 0.3) is 11.4 Å². The van der Waals surface area contributed by atoms with E-state index in [1.807, 2.05) is 0 Å². The number of hydrogen-bond donors (Lipinski definition) is 1. The topological polar surface area (TPSA) is 69.6 Å². The maximum Gasteiger partial charge on any atom is 0.417 e. The Morgan fingerprint density at radius 3 is 2.63 bits per heavy atom. The molecule has 0 spiro atoms. The van der Waals surface area contributed by atoms with E-state index in [1.165, 1.54) is 0 Å². The zero-order valence-corrected chi connectivity index (χ0v) is 9.52. The van der Waals surface area contributed by atoms with Gasteiger partial charge in [0.05, 0.1) is 12.1 Å². The van der Waals surface area contributed by atoms with Gasteiger partial charge in [-0.2, -0.15) is 13.2 Å². The van der Waals surface area contributed by atoms with Crippen molar-refractivity contribution in [3.8, 4) is 11.4 Å². The highest BCUT2D eigenvalue weighted by atomic mass is 19.4. The van der Waals surface area contributed by atoms with Crippen LogP contribution in [0.2, 0.25) is 0 Å². The first-order valence-electron chi connectivity index (χ1n) is 5.27. The lowest BCUT2D eigenvalue weighted by molar-refractivity contribution is -0.137. The SMILES string of the molecule is NCCn1nnnc1-c1ccc(F)cc1C(F)(F)F. The van der Waals surface area contributed by atoms with Crippen molar-refractivity contribution >= 4 is 0 Å². The van der Waals surface area contributed by atoms with Crippen LogP contribution in [0.4, 0.5) is 17.6 Å². The van der Waals surface area contributed by atoms with Crippen LogP contribution >= 0.6 is 0 Å². The number of aromatic nitrogens is 4. The number of nitrogens with two attached hydrogens (primary N) is 1. The largest absolute Gasteiger partial charge is 0.417 e. The Morgan fingerprint density at radius 1 is 1.26 bits per heavy atom. The summed E-state index contributed by atoms with van der Waals surface area (Å²) in [6.07, 6.45) is -4.70. The summed E-state index contributed by atoms with van der Waals surface area (Å²) >= 11 is 0. The van der Waals surface area contributed by atoms with Crippen molar-refractivity contribution in [2.24, 2.45) is 5.73 Å². The van der Waals surface area contributed by atoms with E-state index < -0.39 is 17.6 Å². The number of tetrazole rings is 1. The van der Waals surface area contributed by atoms with Crippen LogP contribution in [0.1, 0.15) is 5.56 Å². The molecule has 0 amide bonds. The second-order valence-electron chi connectivity index (χ2n) is 3.70. The molecule has 0 aliphatic heterocycles. The van der Waals surface area contributed by atoms with E-state index in [2.05, 4.69) is 15.5 Å². The highest BCUT2D eigenvalue weighted by molar-refractivity contribution is 5.61. The van der Waals surface area contributed by atoms with E-state index in [4.69, 9.17) is 5.73 Å². The van der Waals surface area contributed by atoms with Gasteiger partial charge >= 0.3 is 6.18 Å². The fourth-order valence-electron chi connectivity index (χ4n) is 1.62. The first kappa shape index (κ1) is 13.4. The third kappa shape index (κ3) is 2.70. The zero-order chi connectivity index (χ0) is 14.0. The molecule has 0 aliphatic rings. The van der Waals surface area contributed by atoms with Crippen LogP contribution in [0.3, 0.4) is 0 Å². The molecule has 1 aromatic heterocycles. The van der Waals surface area contributed by atoms with Crippen molar-refractivity contribution in [2.45, 2.75) is 12.7 Å². The van der Waals surface area contributed by atoms with Gasteiger partial charge in [-0.05, 0) is 28.6 Å². The fourth-order valence-corrected chi connectivity index (χ4v) is 1.62. The second kappa shape index (κ2) is 4.92. The van der Waals surface area contributed by atoms with Crippen molar-refractivity contribution in [3.05, 3.63) is 29.6 Å². The average molecular weight is 275 g/mol. The maximum absolute atomic E-state index is 13.0. The van der Waals surface area contributed by atoms with Gasteiger partial charge in [-0.15, -0.1) is 5.10 Å². The Bertz CT molecular complexity index is 578. The van der Waals surface area contributed by atoms with Gasteiger partial charge in [-0.3, -0.25) is 0 Å². The molecule has 0 radical (unpaired) electrons. The smallest absolute Gasteiger partial charge is 0.329 e. The summed E-state index contributed by atoms with van der Waals surface area (Å²) in [5.74, 6) is -1.08. The molecule has 2 N–H and O–H groups in total. The van der Waals surface area contributed by atoms with E-state index in [0.29, 0.717) is 6.07 Å². The Labute approximate surface area is 105 Å². The normalized spacial score (nSPS) is 11.8. The number of nitrogens with zero attached hydrogens (tertiary/aromatic N) is 4. The predicted octanol–water partition coefficient (Wildman–Crippen LogP) is 1.46. The number of halogens is 4. The number of benzene rings is 1. The summed E-state index contributed by atoms with van der Waals surface area (Å²) in [5.41, 5.74) is 3.91. The van der Waals surface area contributed by atoms with Crippen molar-refractivity contribution in [1.29, 1.82) is 0 Å². The van der Waals surface area contributed by atoms with Crippen LogP contribution in [0.15, 0.2) is 18.2 Å². The molecule has 102 valence electrons. The number of alkyl halides is 3. The van der Waals surface area contributed by atoms with Gasteiger partial charge in [-0.1, -0.05) is 0 Å². The van der Waals surface area contributed by atoms with E-state index in [9.17, 15) is 17.6 Å². The van der Waals surface area contributed by atoms with Gasteiger partial charge in [0.1, 0.15) is 5.82 Å². The van der Waals surface area contributed by atoms with E-state index in [-0.39, 0.29) is 24.5 Å². The Kier molecular flexibility index (Phi) is 3.47. The maximum atomic E-state index is 13.0. The van der Waals surface area contributed by atoms with Gasteiger partial charge in [-0.25, -0.2) is 9.07 Å². The number of rotatable bonds is 3. The molecule has 0 atom stereocenters. The summed E-state index contributed by atoms with van der Waals surface area (Å²) in [6, 6.07) is 2.33. The van der Waals surface area contributed by atoms with Gasteiger partial charge in [0, 0.05) is 12.1 Å². The molecule has 1 aromatic carbocycles. The Balaban J connectivity index is 2.58. The van der Waals surface area contributed by atoms with E-state index in [1.54, 1.807) is 0 Å². The van der Waals surface area contributed by atoms with Crippen LogP contribution in [-0.2, 0) is 12.7 Å². The monoisotopic (exact) mass is 275 g/mol. The molecular formula is C10H9F4N5. The number of hydrogen-bond acceptors (Lipinski definition) is 4. The van der Waals surface area contributed by atoms with Crippen molar-refractivity contribution in [1.82, 2.24) is 20.2 Å². The summed E-state index contributed by atoms with van der Waals surface area (Å²) in [5, 5.41) is 10.4. The highest BCUT2D eigenvalue weighted by Crippen LogP contribution is 2.36. The van der Waals surface area contributed by atoms with Gasteiger partial charge < -0.3 is 5.73 Å².